The molecule has 0 spiro atoms. The van der Waals surface area contributed by atoms with Crippen molar-refractivity contribution in [2.75, 3.05) is 5.32 Å². The Morgan fingerprint density at radius 1 is 1.27 bits per heavy atom. The van der Waals surface area contributed by atoms with E-state index in [0.717, 1.165) is 16.9 Å². The van der Waals surface area contributed by atoms with E-state index >= 15 is 0 Å². The minimum absolute atomic E-state index is 0.0318. The number of ether oxygens (including phenoxy) is 2. The molecule has 1 aromatic carbocycles. The van der Waals surface area contributed by atoms with Gasteiger partial charge in [-0.15, -0.1) is 0 Å². The van der Waals surface area contributed by atoms with Crippen LogP contribution in [0.15, 0.2) is 30.5 Å². The largest absolute Gasteiger partial charge is 0.487 e. The molecule has 3 aliphatic rings. The summed E-state index contributed by atoms with van der Waals surface area (Å²) >= 11 is 0. The highest BCUT2D eigenvalue weighted by Crippen LogP contribution is 2.54. The molecule has 30 heavy (non-hydrogen) atoms. The molecule has 0 unspecified atom stereocenters. The van der Waals surface area contributed by atoms with E-state index in [1.54, 1.807) is 12.3 Å². The first kappa shape index (κ1) is 18.7. The first-order chi connectivity index (χ1) is 14.3. The zero-order chi connectivity index (χ0) is 21.0. The molecule has 1 saturated carbocycles. The van der Waals surface area contributed by atoms with E-state index in [1.165, 1.54) is 0 Å². The number of anilines is 1. The number of pyridine rings is 1. The van der Waals surface area contributed by atoms with Crippen LogP contribution in [-0.4, -0.2) is 34.6 Å². The Kier molecular flexibility index (Phi) is 4.13. The molecule has 8 nitrogen and oxygen atoms in total. The van der Waals surface area contributed by atoms with Crippen LogP contribution in [0.5, 0.6) is 17.2 Å². The van der Waals surface area contributed by atoms with Crippen LogP contribution in [0.4, 0.5) is 10.6 Å². The molecule has 1 aromatic heterocycles. The number of amides is 3. The second-order valence-electron chi connectivity index (χ2n) is 8.97. The van der Waals surface area contributed by atoms with E-state index in [-0.39, 0.29) is 35.5 Å². The maximum absolute atomic E-state index is 12.2. The quantitative estimate of drug-likeness (QED) is 0.725. The summed E-state index contributed by atoms with van der Waals surface area (Å²) in [4.78, 5) is 28.0. The number of carbonyl (C=O) groups excluding carboxylic acids is 2. The second-order valence-corrected chi connectivity index (χ2v) is 8.97. The van der Waals surface area contributed by atoms with Crippen LogP contribution >= 0.6 is 0 Å². The molecule has 2 aliphatic heterocycles. The van der Waals surface area contributed by atoms with Crippen molar-refractivity contribution in [3.8, 4) is 17.2 Å². The SMILES string of the molecule is CC(C)(C)NC(=O)N[C@@H]1[C@H]2Oc3ccc(Oc4ccnc5c4CCC(=O)N5)cc3[C@@H]12. The third-order valence-corrected chi connectivity index (χ3v) is 5.44. The summed E-state index contributed by atoms with van der Waals surface area (Å²) < 4.78 is 12.1. The number of aromatic nitrogens is 1. The summed E-state index contributed by atoms with van der Waals surface area (Å²) in [5.74, 6) is 2.86. The van der Waals surface area contributed by atoms with Gasteiger partial charge in [0.15, 0.2) is 0 Å². The standard InChI is InChI=1S/C22H24N4O4/c1-22(2,3)26-21(28)25-18-17-13-10-11(4-6-14(13)30-19(17)18)29-15-8-9-23-20-12(15)5-7-16(27)24-20/h4,6,8-10,17-19H,5,7H2,1-3H3,(H,23,24,27)(H2,25,26,28)/t17-,18-,19-/m0/s1. The highest BCUT2D eigenvalue weighted by Gasteiger charge is 2.59. The van der Waals surface area contributed by atoms with Crippen molar-refractivity contribution in [1.82, 2.24) is 15.6 Å². The van der Waals surface area contributed by atoms with E-state index < -0.39 is 0 Å². The van der Waals surface area contributed by atoms with E-state index in [9.17, 15) is 9.59 Å². The van der Waals surface area contributed by atoms with Gasteiger partial charge in [0.1, 0.15) is 29.2 Å². The van der Waals surface area contributed by atoms with Gasteiger partial charge in [0.25, 0.3) is 0 Å². The lowest BCUT2D eigenvalue weighted by Gasteiger charge is -2.21. The number of nitrogens with zero attached hydrogens (tertiary/aromatic N) is 1. The molecular formula is C22H24N4O4. The lowest BCUT2D eigenvalue weighted by Crippen LogP contribution is -2.48. The topological polar surface area (TPSA) is 102 Å². The lowest BCUT2D eigenvalue weighted by molar-refractivity contribution is -0.116. The molecule has 3 atom stereocenters. The minimum atomic E-state index is -0.295. The maximum Gasteiger partial charge on any atom is 0.315 e. The molecule has 0 radical (unpaired) electrons. The Morgan fingerprint density at radius 3 is 2.90 bits per heavy atom. The van der Waals surface area contributed by atoms with Crippen LogP contribution in [0.3, 0.4) is 0 Å². The maximum atomic E-state index is 12.2. The smallest absolute Gasteiger partial charge is 0.315 e. The lowest BCUT2D eigenvalue weighted by atomic mass is 10.1. The summed E-state index contributed by atoms with van der Waals surface area (Å²) in [6.45, 7) is 5.83. The average Bonchev–Trinajstić information content (AvgIpc) is 3.16. The van der Waals surface area contributed by atoms with Crippen LogP contribution in [0.25, 0.3) is 0 Å². The Morgan fingerprint density at radius 2 is 2.10 bits per heavy atom. The summed E-state index contributed by atoms with van der Waals surface area (Å²) in [5.41, 5.74) is 1.64. The van der Waals surface area contributed by atoms with E-state index in [4.69, 9.17) is 9.47 Å². The van der Waals surface area contributed by atoms with Crippen molar-refractivity contribution in [2.45, 2.75) is 57.2 Å². The van der Waals surface area contributed by atoms with Gasteiger partial charge in [-0.2, -0.15) is 0 Å². The first-order valence-corrected chi connectivity index (χ1v) is 10.1. The Hall–Kier alpha value is -3.29. The van der Waals surface area contributed by atoms with Gasteiger partial charge >= 0.3 is 6.03 Å². The third kappa shape index (κ3) is 3.42. The molecule has 0 bridgehead atoms. The monoisotopic (exact) mass is 408 g/mol. The van der Waals surface area contributed by atoms with Crippen LogP contribution in [0.1, 0.15) is 44.2 Å². The van der Waals surface area contributed by atoms with Gasteiger partial charge in [-0.25, -0.2) is 9.78 Å². The Bertz CT molecular complexity index is 1050. The molecule has 3 heterocycles. The number of rotatable bonds is 3. The highest BCUT2D eigenvalue weighted by atomic mass is 16.5. The summed E-state index contributed by atoms with van der Waals surface area (Å²) in [6, 6.07) is 7.31. The number of hydrogen-bond acceptors (Lipinski definition) is 5. The summed E-state index contributed by atoms with van der Waals surface area (Å²) in [7, 11) is 0. The molecular weight excluding hydrogens is 384 g/mol. The number of nitrogens with one attached hydrogen (secondary N) is 3. The summed E-state index contributed by atoms with van der Waals surface area (Å²) in [6.07, 6.45) is 2.60. The van der Waals surface area contributed by atoms with Crippen molar-refractivity contribution in [2.24, 2.45) is 0 Å². The molecule has 3 amide bonds. The molecule has 2 aromatic rings. The predicted octanol–water partition coefficient (Wildman–Crippen LogP) is 3.08. The van der Waals surface area contributed by atoms with Gasteiger partial charge < -0.3 is 25.4 Å². The molecule has 156 valence electrons. The molecule has 1 aliphatic carbocycles. The fourth-order valence-electron chi connectivity index (χ4n) is 4.08. The second kappa shape index (κ2) is 6.62. The van der Waals surface area contributed by atoms with E-state index in [0.29, 0.717) is 30.2 Å². The molecule has 3 N–H and O–H groups in total. The van der Waals surface area contributed by atoms with Gasteiger partial charge in [0.2, 0.25) is 5.91 Å². The number of benzene rings is 1. The van der Waals surface area contributed by atoms with Gasteiger partial charge in [0.05, 0.1) is 12.0 Å². The van der Waals surface area contributed by atoms with Gasteiger partial charge in [-0.1, -0.05) is 0 Å². The third-order valence-electron chi connectivity index (χ3n) is 5.44. The fourth-order valence-corrected chi connectivity index (χ4v) is 4.08. The first-order valence-electron chi connectivity index (χ1n) is 10.1. The number of hydrogen-bond donors (Lipinski definition) is 3. The molecule has 1 fully saturated rings. The van der Waals surface area contributed by atoms with Gasteiger partial charge in [0, 0.05) is 29.3 Å². The number of carbonyl (C=O) groups is 2. The zero-order valence-corrected chi connectivity index (χ0v) is 17.1. The minimum Gasteiger partial charge on any atom is -0.487 e. The van der Waals surface area contributed by atoms with Gasteiger partial charge in [-0.3, -0.25) is 4.79 Å². The van der Waals surface area contributed by atoms with E-state index in [1.807, 2.05) is 39.0 Å². The average molecular weight is 408 g/mol. The van der Waals surface area contributed by atoms with Gasteiger partial charge in [-0.05, 0) is 51.5 Å². The van der Waals surface area contributed by atoms with Crippen molar-refractivity contribution in [1.29, 1.82) is 0 Å². The van der Waals surface area contributed by atoms with E-state index in [2.05, 4.69) is 20.9 Å². The van der Waals surface area contributed by atoms with Crippen LogP contribution in [0, 0.1) is 0 Å². The summed E-state index contributed by atoms with van der Waals surface area (Å²) in [5, 5.41) is 8.70. The number of urea groups is 1. The Labute approximate surface area is 174 Å². The van der Waals surface area contributed by atoms with Crippen molar-refractivity contribution in [3.05, 3.63) is 41.6 Å². The van der Waals surface area contributed by atoms with Crippen LogP contribution in [-0.2, 0) is 11.2 Å². The van der Waals surface area contributed by atoms with Crippen LogP contribution < -0.4 is 25.4 Å². The number of fused-ring (bicyclic) bond motifs is 4. The van der Waals surface area contributed by atoms with Crippen molar-refractivity contribution < 1.29 is 19.1 Å². The van der Waals surface area contributed by atoms with Crippen molar-refractivity contribution in [3.63, 3.8) is 0 Å². The molecule has 8 heteroatoms. The van der Waals surface area contributed by atoms with Crippen molar-refractivity contribution >= 4 is 17.8 Å². The zero-order valence-electron chi connectivity index (χ0n) is 17.1. The normalized spacial score (nSPS) is 23.3. The van der Waals surface area contributed by atoms with Crippen LogP contribution in [0.2, 0.25) is 0 Å². The highest BCUT2D eigenvalue weighted by molar-refractivity contribution is 5.93. The fraction of sp³-hybridized carbons (Fsp3) is 0.409. The Balaban J connectivity index is 1.31. The molecule has 5 rings (SSSR count). The molecule has 0 saturated heterocycles. The predicted molar refractivity (Wildman–Crippen MR) is 110 cm³/mol.